The Kier molecular flexibility index (Phi) is 50.8. The van der Waals surface area contributed by atoms with E-state index in [9.17, 15) is 14.4 Å². The molecule has 0 aliphatic carbocycles. The normalized spacial score (nSPS) is 12.4. The van der Waals surface area contributed by atoms with Crippen LogP contribution in [0.15, 0.2) is 48.6 Å². The minimum absolute atomic E-state index is 0.0785. The van der Waals surface area contributed by atoms with Gasteiger partial charge in [0.25, 0.3) is 0 Å². The van der Waals surface area contributed by atoms with Crippen molar-refractivity contribution in [2.75, 3.05) is 13.2 Å². The van der Waals surface area contributed by atoms with Crippen molar-refractivity contribution in [2.24, 2.45) is 0 Å². The first-order valence-corrected chi connectivity index (χ1v) is 27.6. The summed E-state index contributed by atoms with van der Waals surface area (Å²) in [5, 5.41) is 0. The third kappa shape index (κ3) is 50.4. The molecule has 0 aliphatic heterocycles. The minimum atomic E-state index is -0.779. The molecule has 0 aliphatic rings. The van der Waals surface area contributed by atoms with E-state index in [1.54, 1.807) is 0 Å². The number of allylic oxidation sites excluding steroid dienone is 8. The van der Waals surface area contributed by atoms with Crippen molar-refractivity contribution in [3.8, 4) is 0 Å². The summed E-state index contributed by atoms with van der Waals surface area (Å²) in [4.78, 5) is 38.0. The molecule has 0 bridgehead atoms. The molecular weight excluding hydrogens is 793 g/mol. The molecule has 1 unspecified atom stereocenters. The Balaban J connectivity index is 4.33. The van der Waals surface area contributed by atoms with Crippen LogP contribution in [0.4, 0.5) is 0 Å². The highest BCUT2D eigenvalue weighted by atomic mass is 16.6. The third-order valence-corrected chi connectivity index (χ3v) is 12.1. The van der Waals surface area contributed by atoms with E-state index >= 15 is 0 Å². The number of unbranched alkanes of at least 4 members (excludes halogenated alkanes) is 31. The highest BCUT2D eigenvalue weighted by Gasteiger charge is 2.19. The van der Waals surface area contributed by atoms with Crippen LogP contribution in [-0.2, 0) is 28.6 Å². The zero-order valence-electron chi connectivity index (χ0n) is 42.6. The molecule has 0 amide bonds. The summed E-state index contributed by atoms with van der Waals surface area (Å²) < 4.78 is 16.8. The van der Waals surface area contributed by atoms with Gasteiger partial charge in [0, 0.05) is 19.3 Å². The van der Waals surface area contributed by atoms with Crippen molar-refractivity contribution in [3.63, 3.8) is 0 Å². The van der Waals surface area contributed by atoms with E-state index in [1.807, 2.05) is 0 Å². The molecule has 0 saturated heterocycles. The number of esters is 3. The lowest BCUT2D eigenvalue weighted by Crippen LogP contribution is -2.30. The van der Waals surface area contributed by atoms with E-state index in [2.05, 4.69) is 69.4 Å². The zero-order valence-corrected chi connectivity index (χ0v) is 42.6. The monoisotopic (exact) mass is 897 g/mol. The quantitative estimate of drug-likeness (QED) is 0.0262. The van der Waals surface area contributed by atoms with Crippen molar-refractivity contribution in [1.29, 1.82) is 0 Å². The van der Waals surface area contributed by atoms with Crippen molar-refractivity contribution in [1.82, 2.24) is 0 Å². The molecule has 6 heteroatoms. The molecular formula is C58H104O6. The Hall–Kier alpha value is -2.63. The average Bonchev–Trinajstić information content (AvgIpc) is 3.29. The molecule has 0 radical (unpaired) electrons. The van der Waals surface area contributed by atoms with Crippen molar-refractivity contribution in [2.45, 2.75) is 290 Å². The molecule has 0 saturated carbocycles. The van der Waals surface area contributed by atoms with Gasteiger partial charge in [-0.1, -0.05) is 230 Å². The fraction of sp³-hybridized carbons (Fsp3) is 0.810. The number of hydrogen-bond acceptors (Lipinski definition) is 6. The summed E-state index contributed by atoms with van der Waals surface area (Å²) in [6, 6.07) is 0. The Morgan fingerprint density at radius 3 is 0.891 bits per heavy atom. The number of rotatable bonds is 50. The molecule has 1 atom stereocenters. The van der Waals surface area contributed by atoms with Gasteiger partial charge in [0.05, 0.1) is 0 Å². The van der Waals surface area contributed by atoms with E-state index in [1.165, 1.54) is 154 Å². The highest BCUT2D eigenvalue weighted by molar-refractivity contribution is 5.71. The Morgan fingerprint density at radius 1 is 0.312 bits per heavy atom. The highest BCUT2D eigenvalue weighted by Crippen LogP contribution is 2.15. The van der Waals surface area contributed by atoms with Crippen molar-refractivity contribution < 1.29 is 28.6 Å². The second-order valence-corrected chi connectivity index (χ2v) is 18.5. The van der Waals surface area contributed by atoms with Gasteiger partial charge in [0.1, 0.15) is 13.2 Å². The van der Waals surface area contributed by atoms with Crippen LogP contribution in [0.3, 0.4) is 0 Å². The molecule has 0 aromatic heterocycles. The molecule has 0 heterocycles. The first-order valence-electron chi connectivity index (χ1n) is 27.6. The van der Waals surface area contributed by atoms with Gasteiger partial charge in [-0.3, -0.25) is 14.4 Å². The van der Waals surface area contributed by atoms with Crippen LogP contribution in [0.25, 0.3) is 0 Å². The smallest absolute Gasteiger partial charge is 0.306 e. The maximum atomic E-state index is 12.8. The van der Waals surface area contributed by atoms with E-state index < -0.39 is 6.10 Å². The number of hydrogen-bond donors (Lipinski definition) is 0. The van der Waals surface area contributed by atoms with E-state index in [4.69, 9.17) is 14.2 Å². The van der Waals surface area contributed by atoms with Crippen LogP contribution in [0, 0.1) is 0 Å². The molecule has 0 aromatic carbocycles. The van der Waals surface area contributed by atoms with Gasteiger partial charge in [-0.25, -0.2) is 0 Å². The largest absolute Gasteiger partial charge is 0.462 e. The predicted octanol–water partition coefficient (Wildman–Crippen LogP) is 18.3. The maximum Gasteiger partial charge on any atom is 0.306 e. The van der Waals surface area contributed by atoms with E-state index in [0.717, 1.165) is 89.9 Å². The Labute approximate surface area is 397 Å². The van der Waals surface area contributed by atoms with Gasteiger partial charge in [0.15, 0.2) is 6.10 Å². The van der Waals surface area contributed by atoms with Crippen LogP contribution < -0.4 is 0 Å². The van der Waals surface area contributed by atoms with E-state index in [0.29, 0.717) is 19.3 Å². The summed E-state index contributed by atoms with van der Waals surface area (Å²) in [6.07, 6.45) is 63.8. The minimum Gasteiger partial charge on any atom is -0.462 e. The summed E-state index contributed by atoms with van der Waals surface area (Å²) in [5.41, 5.74) is 0. The lowest BCUT2D eigenvalue weighted by atomic mass is 10.1. The van der Waals surface area contributed by atoms with Crippen molar-refractivity contribution >= 4 is 17.9 Å². The Morgan fingerprint density at radius 2 is 0.562 bits per heavy atom. The fourth-order valence-electron chi connectivity index (χ4n) is 7.86. The van der Waals surface area contributed by atoms with Gasteiger partial charge in [-0.05, 0) is 83.5 Å². The summed E-state index contributed by atoms with van der Waals surface area (Å²) >= 11 is 0. The van der Waals surface area contributed by atoms with Gasteiger partial charge in [0.2, 0.25) is 0 Å². The molecule has 0 aromatic rings. The zero-order chi connectivity index (χ0) is 46.5. The van der Waals surface area contributed by atoms with Crippen LogP contribution in [0.5, 0.6) is 0 Å². The summed E-state index contributed by atoms with van der Waals surface area (Å²) in [5.74, 6) is -0.892. The predicted molar refractivity (Wildman–Crippen MR) is 275 cm³/mol. The molecule has 372 valence electrons. The van der Waals surface area contributed by atoms with Crippen LogP contribution in [0.2, 0.25) is 0 Å². The molecule has 64 heavy (non-hydrogen) atoms. The average molecular weight is 897 g/mol. The molecule has 0 N–H and O–H groups in total. The SMILES string of the molecule is CCCCCCC/C=C\C/C=C\C/C=C\CCCCCCCCC(=O)OCC(COC(=O)CCCCCCCCCCCC)OC(=O)CCCCCCC/C=C\CCCCCCCC. The van der Waals surface area contributed by atoms with Gasteiger partial charge < -0.3 is 14.2 Å². The van der Waals surface area contributed by atoms with Crippen LogP contribution >= 0.6 is 0 Å². The number of carbonyl (C=O) groups is 3. The molecule has 6 nitrogen and oxygen atoms in total. The number of carbonyl (C=O) groups excluding carboxylic acids is 3. The second-order valence-electron chi connectivity index (χ2n) is 18.5. The lowest BCUT2D eigenvalue weighted by molar-refractivity contribution is -0.167. The lowest BCUT2D eigenvalue weighted by Gasteiger charge is -2.18. The maximum absolute atomic E-state index is 12.8. The number of ether oxygens (including phenoxy) is 3. The summed E-state index contributed by atoms with van der Waals surface area (Å²) in [7, 11) is 0. The van der Waals surface area contributed by atoms with Gasteiger partial charge in [-0.2, -0.15) is 0 Å². The standard InChI is InChI=1S/C58H104O6/c1-4-7-10-13-16-19-22-24-26-27-28-29-30-31-33-34-36-39-42-45-48-51-57(60)63-54-55(53-62-56(59)50-47-44-41-38-21-18-15-12-9-6-3)64-58(61)52-49-46-43-40-37-35-32-25-23-20-17-14-11-8-5-2/h22,24-25,27-28,30-32,55H,4-21,23,26,29,33-54H2,1-3H3/b24-22-,28-27-,31-30-,32-25-. The third-order valence-electron chi connectivity index (χ3n) is 12.1. The van der Waals surface area contributed by atoms with Gasteiger partial charge in [-0.15, -0.1) is 0 Å². The van der Waals surface area contributed by atoms with Crippen LogP contribution in [-0.4, -0.2) is 37.2 Å². The Bertz CT molecular complexity index is 1120. The van der Waals surface area contributed by atoms with Crippen LogP contribution in [0.1, 0.15) is 284 Å². The fourth-order valence-corrected chi connectivity index (χ4v) is 7.86. The molecule has 0 rings (SSSR count). The van der Waals surface area contributed by atoms with E-state index in [-0.39, 0.29) is 31.1 Å². The molecule has 0 fully saturated rings. The summed E-state index contributed by atoms with van der Waals surface area (Å²) in [6.45, 7) is 6.61. The first-order chi connectivity index (χ1) is 31.5. The molecule has 0 spiro atoms. The topological polar surface area (TPSA) is 78.9 Å². The van der Waals surface area contributed by atoms with Gasteiger partial charge >= 0.3 is 17.9 Å². The second kappa shape index (κ2) is 53.0. The van der Waals surface area contributed by atoms with Crippen molar-refractivity contribution in [3.05, 3.63) is 48.6 Å². The first kappa shape index (κ1) is 61.4.